The van der Waals surface area contributed by atoms with Crippen molar-refractivity contribution in [2.75, 3.05) is 6.54 Å². The molecule has 1 heteroatoms. The molecular weight excluding hydrogens is 230 g/mol. The molecule has 1 nitrogen and oxygen atoms in total. The summed E-state index contributed by atoms with van der Waals surface area (Å²) in [5, 5.41) is 3.74. The maximum Gasteiger partial charge on any atom is 0.00683 e. The second-order valence-electron chi connectivity index (χ2n) is 6.51. The van der Waals surface area contributed by atoms with Crippen molar-refractivity contribution in [2.24, 2.45) is 11.8 Å². The van der Waals surface area contributed by atoms with Crippen LogP contribution in [0, 0.1) is 11.8 Å². The van der Waals surface area contributed by atoms with Crippen LogP contribution in [0.4, 0.5) is 0 Å². The van der Waals surface area contributed by atoms with E-state index in [4.69, 9.17) is 0 Å². The third kappa shape index (κ3) is 4.07. The summed E-state index contributed by atoms with van der Waals surface area (Å²) in [6.07, 6.45) is 11.3. The molecule has 0 aliphatic heterocycles. The van der Waals surface area contributed by atoms with E-state index in [1.165, 1.54) is 63.5 Å². The quantitative estimate of drug-likeness (QED) is 0.772. The number of aryl methyl sites for hydroxylation is 1. The van der Waals surface area contributed by atoms with Crippen molar-refractivity contribution in [1.29, 1.82) is 0 Å². The zero-order valence-corrected chi connectivity index (χ0v) is 12.0. The van der Waals surface area contributed by atoms with Gasteiger partial charge in [-0.2, -0.15) is 0 Å². The Balaban J connectivity index is 1.38. The average molecular weight is 257 g/mol. The van der Waals surface area contributed by atoms with Gasteiger partial charge in [-0.3, -0.25) is 0 Å². The van der Waals surface area contributed by atoms with Crippen molar-refractivity contribution in [3.05, 3.63) is 35.9 Å². The first-order valence-electron chi connectivity index (χ1n) is 8.19. The second kappa shape index (κ2) is 6.56. The first-order valence-corrected chi connectivity index (χ1v) is 8.19. The van der Waals surface area contributed by atoms with E-state index in [0.29, 0.717) is 0 Å². The number of rotatable bonds is 7. The van der Waals surface area contributed by atoms with E-state index < -0.39 is 0 Å². The fourth-order valence-electron chi connectivity index (χ4n) is 3.58. The van der Waals surface area contributed by atoms with Crippen LogP contribution in [-0.2, 0) is 6.42 Å². The SMILES string of the molecule is c1ccc(CCCC2CCCC2CNC2CC2)cc1. The van der Waals surface area contributed by atoms with Crippen molar-refractivity contribution in [3.63, 3.8) is 0 Å². The highest BCUT2D eigenvalue weighted by Gasteiger charge is 2.29. The number of hydrogen-bond donors (Lipinski definition) is 1. The van der Waals surface area contributed by atoms with Gasteiger partial charge >= 0.3 is 0 Å². The van der Waals surface area contributed by atoms with E-state index in [2.05, 4.69) is 35.6 Å². The van der Waals surface area contributed by atoms with Gasteiger partial charge in [-0.05, 0) is 62.5 Å². The van der Waals surface area contributed by atoms with Gasteiger partial charge in [0.2, 0.25) is 0 Å². The van der Waals surface area contributed by atoms with E-state index in [1.807, 2.05) is 0 Å². The normalized spacial score (nSPS) is 26.7. The molecule has 0 spiro atoms. The first kappa shape index (κ1) is 13.2. The lowest BCUT2D eigenvalue weighted by molar-refractivity contribution is 0.340. The molecule has 2 unspecified atom stereocenters. The largest absolute Gasteiger partial charge is 0.314 e. The summed E-state index contributed by atoms with van der Waals surface area (Å²) in [6.45, 7) is 1.29. The smallest absolute Gasteiger partial charge is 0.00683 e. The summed E-state index contributed by atoms with van der Waals surface area (Å²) in [5.41, 5.74) is 1.51. The molecule has 1 N–H and O–H groups in total. The van der Waals surface area contributed by atoms with Gasteiger partial charge in [0, 0.05) is 6.04 Å². The number of benzene rings is 1. The highest BCUT2D eigenvalue weighted by Crippen LogP contribution is 2.35. The van der Waals surface area contributed by atoms with Gasteiger partial charge in [0.05, 0.1) is 0 Å². The standard InChI is InChI=1S/C18H27N/c1-2-6-15(7-3-1)8-4-9-16-10-5-11-17(16)14-19-18-12-13-18/h1-3,6-7,16-19H,4-5,8-14H2. The Bertz CT molecular complexity index is 369. The van der Waals surface area contributed by atoms with Crippen LogP contribution in [0.15, 0.2) is 30.3 Å². The minimum absolute atomic E-state index is 0.880. The van der Waals surface area contributed by atoms with Gasteiger partial charge in [-0.1, -0.05) is 43.2 Å². The van der Waals surface area contributed by atoms with Gasteiger partial charge in [0.1, 0.15) is 0 Å². The van der Waals surface area contributed by atoms with Crippen LogP contribution in [0.2, 0.25) is 0 Å². The fourth-order valence-corrected chi connectivity index (χ4v) is 3.58. The Hall–Kier alpha value is -0.820. The predicted molar refractivity (Wildman–Crippen MR) is 81.2 cm³/mol. The molecule has 3 rings (SSSR count). The van der Waals surface area contributed by atoms with Crippen molar-refractivity contribution >= 4 is 0 Å². The highest BCUT2D eigenvalue weighted by molar-refractivity contribution is 5.14. The van der Waals surface area contributed by atoms with Crippen LogP contribution < -0.4 is 5.32 Å². The first-order chi connectivity index (χ1) is 9.42. The molecule has 0 heterocycles. The average Bonchev–Trinajstić information content (AvgIpc) is 3.17. The lowest BCUT2D eigenvalue weighted by Crippen LogP contribution is -2.27. The van der Waals surface area contributed by atoms with Crippen molar-refractivity contribution < 1.29 is 0 Å². The molecular formula is C18H27N. The Labute approximate surface area is 117 Å². The minimum atomic E-state index is 0.880. The monoisotopic (exact) mass is 257 g/mol. The van der Waals surface area contributed by atoms with Crippen molar-refractivity contribution in [1.82, 2.24) is 5.32 Å². The van der Waals surface area contributed by atoms with E-state index in [1.54, 1.807) is 0 Å². The number of hydrogen-bond acceptors (Lipinski definition) is 1. The zero-order valence-electron chi connectivity index (χ0n) is 12.0. The van der Waals surface area contributed by atoms with Crippen LogP contribution in [0.5, 0.6) is 0 Å². The summed E-state index contributed by atoms with van der Waals surface area (Å²) in [4.78, 5) is 0. The van der Waals surface area contributed by atoms with Crippen molar-refractivity contribution in [2.45, 2.75) is 57.4 Å². The zero-order chi connectivity index (χ0) is 12.9. The van der Waals surface area contributed by atoms with Crippen LogP contribution in [0.25, 0.3) is 0 Å². The lowest BCUT2D eigenvalue weighted by atomic mass is 9.90. The van der Waals surface area contributed by atoms with Crippen LogP contribution in [0.3, 0.4) is 0 Å². The minimum Gasteiger partial charge on any atom is -0.314 e. The summed E-state index contributed by atoms with van der Waals surface area (Å²) in [6, 6.07) is 11.8. The molecule has 2 aliphatic carbocycles. The summed E-state index contributed by atoms with van der Waals surface area (Å²) >= 11 is 0. The van der Waals surface area contributed by atoms with Gasteiger partial charge < -0.3 is 5.32 Å². The molecule has 0 radical (unpaired) electrons. The highest BCUT2D eigenvalue weighted by atomic mass is 14.9. The summed E-state index contributed by atoms with van der Waals surface area (Å²) in [7, 11) is 0. The second-order valence-corrected chi connectivity index (χ2v) is 6.51. The van der Waals surface area contributed by atoms with E-state index in [0.717, 1.165) is 17.9 Å². The topological polar surface area (TPSA) is 12.0 Å². The maximum atomic E-state index is 3.74. The van der Waals surface area contributed by atoms with Gasteiger partial charge in [0.15, 0.2) is 0 Å². The van der Waals surface area contributed by atoms with E-state index in [-0.39, 0.29) is 0 Å². The third-order valence-corrected chi connectivity index (χ3v) is 4.95. The predicted octanol–water partition coefficient (Wildman–Crippen LogP) is 4.18. The maximum absolute atomic E-state index is 3.74. The number of nitrogens with one attached hydrogen (secondary N) is 1. The van der Waals surface area contributed by atoms with Gasteiger partial charge in [0.25, 0.3) is 0 Å². The molecule has 2 aliphatic rings. The molecule has 0 bridgehead atoms. The third-order valence-electron chi connectivity index (χ3n) is 4.95. The Kier molecular flexibility index (Phi) is 4.55. The van der Waals surface area contributed by atoms with Crippen LogP contribution in [0.1, 0.15) is 50.5 Å². The van der Waals surface area contributed by atoms with Crippen molar-refractivity contribution in [3.8, 4) is 0 Å². The lowest BCUT2D eigenvalue weighted by Gasteiger charge is -2.20. The molecule has 2 atom stereocenters. The van der Waals surface area contributed by atoms with E-state index in [9.17, 15) is 0 Å². The Morgan fingerprint density at radius 1 is 0.947 bits per heavy atom. The summed E-state index contributed by atoms with van der Waals surface area (Å²) < 4.78 is 0. The molecule has 19 heavy (non-hydrogen) atoms. The molecule has 0 aromatic heterocycles. The van der Waals surface area contributed by atoms with E-state index >= 15 is 0 Å². The molecule has 0 saturated heterocycles. The Morgan fingerprint density at radius 2 is 1.74 bits per heavy atom. The molecule has 2 fully saturated rings. The molecule has 1 aromatic rings. The molecule has 2 saturated carbocycles. The molecule has 0 amide bonds. The van der Waals surface area contributed by atoms with Crippen LogP contribution in [-0.4, -0.2) is 12.6 Å². The fraction of sp³-hybridized carbons (Fsp3) is 0.667. The van der Waals surface area contributed by atoms with Gasteiger partial charge in [-0.25, -0.2) is 0 Å². The summed E-state index contributed by atoms with van der Waals surface area (Å²) in [5.74, 6) is 1.96. The Morgan fingerprint density at radius 3 is 2.53 bits per heavy atom. The molecule has 104 valence electrons. The van der Waals surface area contributed by atoms with Crippen LogP contribution >= 0.6 is 0 Å². The molecule has 1 aromatic carbocycles. The van der Waals surface area contributed by atoms with Gasteiger partial charge in [-0.15, -0.1) is 0 Å².